The number of guanidine groups is 1. The number of carbonyl (C=O) groups is 2. The van der Waals surface area contributed by atoms with Gasteiger partial charge in [-0.1, -0.05) is 24.3 Å². The number of aliphatic carboxylic acids is 2. The van der Waals surface area contributed by atoms with Crippen LogP contribution in [0.5, 0.6) is 5.75 Å². The van der Waals surface area contributed by atoms with Crippen LogP contribution in [0, 0.1) is 16.7 Å². The largest absolute Gasteiger partial charge is 0.494 e. The molecule has 212 valence electrons. The fourth-order valence-corrected chi connectivity index (χ4v) is 3.98. The number of carboxylic acid groups (broad SMARTS) is 2. The highest BCUT2D eigenvalue weighted by Gasteiger charge is 2.38. The van der Waals surface area contributed by atoms with E-state index in [4.69, 9.17) is 35.9 Å². The van der Waals surface area contributed by atoms with E-state index >= 15 is 0 Å². The second kappa shape index (κ2) is 15.1. The molecule has 7 N–H and O–H groups in total. The van der Waals surface area contributed by atoms with Crippen LogP contribution in [0.2, 0.25) is 0 Å². The molecular weight excluding hydrogens is 551 g/mol. The molecule has 2 aromatic rings. The Morgan fingerprint density at radius 3 is 2.21 bits per heavy atom. The van der Waals surface area contributed by atoms with Crippen LogP contribution in [0.4, 0.5) is 13.2 Å². The van der Waals surface area contributed by atoms with Gasteiger partial charge in [0.25, 0.3) is 0 Å². The zero-order valence-corrected chi connectivity index (χ0v) is 20.8. The van der Waals surface area contributed by atoms with Crippen LogP contribution >= 0.6 is 0 Å². The number of hydrogen-bond acceptors (Lipinski definition) is 8. The monoisotopic (exact) mass is 575 g/mol. The van der Waals surface area contributed by atoms with Gasteiger partial charge in [0, 0.05) is 6.42 Å². The Bertz CT molecular complexity index is 1280. The molecular formula is C22H24F3N5O8S. The normalized spacial score (nSPS) is 11.7. The number of alkyl halides is 3. The van der Waals surface area contributed by atoms with Crippen molar-refractivity contribution in [3.05, 3.63) is 59.7 Å². The number of benzene rings is 2. The van der Waals surface area contributed by atoms with Gasteiger partial charge in [0.2, 0.25) is 16.0 Å². The van der Waals surface area contributed by atoms with Crippen LogP contribution in [-0.4, -0.2) is 62.0 Å². The SMILES string of the molecule is N#Cc1ccccc1S(=O)(=O)N[C@@H](Cc1ccc(OCCCONC(=N)N)cc1)C(=O)O.O=C(O)C(F)(F)F. The molecule has 39 heavy (non-hydrogen) atoms. The lowest BCUT2D eigenvalue weighted by Crippen LogP contribution is -2.42. The third-order valence-corrected chi connectivity index (χ3v) is 5.87. The number of halogens is 3. The zero-order valence-electron chi connectivity index (χ0n) is 19.9. The van der Waals surface area contributed by atoms with Crippen LogP contribution in [0.25, 0.3) is 0 Å². The first kappa shape index (κ1) is 32.6. The average molecular weight is 576 g/mol. The van der Waals surface area contributed by atoms with Gasteiger partial charge in [-0.15, -0.1) is 0 Å². The number of rotatable bonds is 12. The number of hydroxylamine groups is 1. The van der Waals surface area contributed by atoms with E-state index in [2.05, 4.69) is 10.2 Å². The minimum atomic E-state index is -5.08. The van der Waals surface area contributed by atoms with Crippen molar-refractivity contribution in [2.75, 3.05) is 13.2 Å². The Morgan fingerprint density at radius 2 is 1.69 bits per heavy atom. The molecule has 2 aromatic carbocycles. The maximum Gasteiger partial charge on any atom is 0.490 e. The molecule has 0 aliphatic carbocycles. The zero-order chi connectivity index (χ0) is 29.6. The van der Waals surface area contributed by atoms with Gasteiger partial charge in [0.05, 0.1) is 23.7 Å². The van der Waals surface area contributed by atoms with Gasteiger partial charge in [-0.3, -0.25) is 15.0 Å². The topological polar surface area (TPSA) is 225 Å². The van der Waals surface area contributed by atoms with Crippen molar-refractivity contribution >= 4 is 27.9 Å². The Morgan fingerprint density at radius 1 is 1.10 bits per heavy atom. The molecule has 0 aliphatic rings. The Labute approximate surface area is 220 Å². The first-order valence-corrected chi connectivity index (χ1v) is 12.1. The van der Waals surface area contributed by atoms with Gasteiger partial charge >= 0.3 is 18.1 Å². The maximum absolute atomic E-state index is 12.6. The quantitative estimate of drug-likeness (QED) is 0.0916. The fraction of sp³-hybridized carbons (Fsp3) is 0.273. The van der Waals surface area contributed by atoms with Crippen LogP contribution < -0.4 is 20.7 Å². The second-order valence-corrected chi connectivity index (χ2v) is 9.02. The molecule has 0 spiro atoms. The van der Waals surface area contributed by atoms with Crippen LogP contribution in [-0.2, 0) is 30.9 Å². The van der Waals surface area contributed by atoms with E-state index in [0.717, 1.165) is 0 Å². The molecule has 2 rings (SSSR count). The van der Waals surface area contributed by atoms with Crippen molar-refractivity contribution in [1.82, 2.24) is 10.2 Å². The number of ether oxygens (including phenoxy) is 1. The van der Waals surface area contributed by atoms with E-state index in [9.17, 15) is 31.5 Å². The molecule has 13 nitrogen and oxygen atoms in total. The molecule has 17 heteroatoms. The minimum absolute atomic E-state index is 0.0758. The van der Waals surface area contributed by atoms with E-state index in [1.165, 1.54) is 24.3 Å². The van der Waals surface area contributed by atoms with Crippen LogP contribution in [0.3, 0.4) is 0 Å². The van der Waals surface area contributed by atoms with Crippen molar-refractivity contribution in [2.24, 2.45) is 5.73 Å². The van der Waals surface area contributed by atoms with Gasteiger partial charge in [-0.25, -0.2) is 18.7 Å². The summed E-state index contributed by atoms with van der Waals surface area (Å²) in [4.78, 5) is 25.2. The molecule has 0 aliphatic heterocycles. The number of sulfonamides is 1. The van der Waals surface area contributed by atoms with E-state index in [1.807, 2.05) is 0 Å². The summed E-state index contributed by atoms with van der Waals surface area (Å²) in [6.45, 7) is 0.627. The number of nitrogens with zero attached hydrogens (tertiary/aromatic N) is 1. The minimum Gasteiger partial charge on any atom is -0.494 e. The Balaban J connectivity index is 0.000000956. The van der Waals surface area contributed by atoms with Crippen LogP contribution in [0.1, 0.15) is 17.5 Å². The molecule has 0 saturated heterocycles. The predicted molar refractivity (Wildman–Crippen MR) is 128 cm³/mol. The van der Waals surface area contributed by atoms with E-state index in [0.29, 0.717) is 24.3 Å². The highest BCUT2D eigenvalue weighted by molar-refractivity contribution is 7.89. The van der Waals surface area contributed by atoms with Gasteiger partial charge in [-0.2, -0.15) is 23.2 Å². The van der Waals surface area contributed by atoms with Crippen molar-refractivity contribution in [3.63, 3.8) is 0 Å². The van der Waals surface area contributed by atoms with Gasteiger partial charge < -0.3 is 20.7 Å². The smallest absolute Gasteiger partial charge is 0.490 e. The van der Waals surface area contributed by atoms with Crippen molar-refractivity contribution in [3.8, 4) is 11.8 Å². The molecule has 0 heterocycles. The summed E-state index contributed by atoms with van der Waals surface area (Å²) >= 11 is 0. The standard InChI is InChI=1S/C20H23N5O6S.C2HF3O2/c21-13-15-4-1-2-5-18(15)32(28,29)25-17(19(26)27)12-14-6-8-16(9-7-14)30-10-3-11-31-24-20(22)23;3-2(4,5)1(6)7/h1-2,4-9,17,25H,3,10-12H2,(H,26,27)(H4,22,23,24);(H,6,7)/t17-;/m0./s1. The molecule has 1 atom stereocenters. The predicted octanol–water partition coefficient (Wildman–Crippen LogP) is 1.35. The molecule has 0 fully saturated rings. The highest BCUT2D eigenvalue weighted by Crippen LogP contribution is 2.17. The fourth-order valence-electron chi connectivity index (χ4n) is 2.63. The van der Waals surface area contributed by atoms with Gasteiger partial charge in [0.15, 0.2) is 0 Å². The van der Waals surface area contributed by atoms with Crippen molar-refractivity contribution in [1.29, 1.82) is 10.7 Å². The van der Waals surface area contributed by atoms with E-state index in [1.54, 1.807) is 30.3 Å². The summed E-state index contributed by atoms with van der Waals surface area (Å²) in [5, 5.41) is 32.7. The summed E-state index contributed by atoms with van der Waals surface area (Å²) in [6.07, 6.45) is -4.65. The van der Waals surface area contributed by atoms with Gasteiger partial charge in [-0.05, 0) is 36.2 Å². The molecule has 0 amide bonds. The summed E-state index contributed by atoms with van der Waals surface area (Å²) in [6, 6.07) is 12.5. The summed E-state index contributed by atoms with van der Waals surface area (Å²) < 4.78 is 64.7. The lowest BCUT2D eigenvalue weighted by atomic mass is 10.1. The second-order valence-electron chi connectivity index (χ2n) is 7.34. The Kier molecular flexibility index (Phi) is 12.6. The van der Waals surface area contributed by atoms with Gasteiger partial charge in [0.1, 0.15) is 17.9 Å². The molecule has 0 radical (unpaired) electrons. The Hall–Kier alpha value is -4.40. The molecule has 0 aromatic heterocycles. The highest BCUT2D eigenvalue weighted by atomic mass is 32.2. The molecule has 0 bridgehead atoms. The van der Waals surface area contributed by atoms with Crippen LogP contribution in [0.15, 0.2) is 53.4 Å². The number of nitriles is 1. The lowest BCUT2D eigenvalue weighted by Gasteiger charge is -2.16. The first-order valence-electron chi connectivity index (χ1n) is 10.6. The number of carboxylic acids is 2. The first-order chi connectivity index (χ1) is 18.2. The van der Waals surface area contributed by atoms with Crippen molar-refractivity contribution in [2.45, 2.75) is 30.0 Å². The molecule has 0 unspecified atom stereocenters. The van der Waals surface area contributed by atoms with E-state index in [-0.39, 0.29) is 29.4 Å². The average Bonchev–Trinajstić information content (AvgIpc) is 2.86. The number of nitrogens with one attached hydrogen (secondary N) is 3. The van der Waals surface area contributed by atoms with Crippen molar-refractivity contribution < 1.29 is 51.0 Å². The summed E-state index contributed by atoms with van der Waals surface area (Å²) in [5.74, 6) is -3.85. The lowest BCUT2D eigenvalue weighted by molar-refractivity contribution is -0.192. The number of nitrogens with two attached hydrogens (primary N) is 1. The third kappa shape index (κ3) is 12.1. The third-order valence-electron chi connectivity index (χ3n) is 4.34. The number of hydrogen-bond donors (Lipinski definition) is 6. The maximum atomic E-state index is 12.6. The molecule has 0 saturated carbocycles. The van der Waals surface area contributed by atoms with E-state index < -0.39 is 34.2 Å². The summed E-state index contributed by atoms with van der Waals surface area (Å²) in [5.41, 5.74) is 7.78. The summed E-state index contributed by atoms with van der Waals surface area (Å²) in [7, 11) is -4.22.